The highest BCUT2D eigenvalue weighted by atomic mass is 14.7. The van der Waals surface area contributed by atoms with E-state index in [1.807, 2.05) is 0 Å². The Morgan fingerprint density at radius 1 is 1.00 bits per heavy atom. The third-order valence-electron chi connectivity index (χ3n) is 4.10. The van der Waals surface area contributed by atoms with Gasteiger partial charge in [-0.05, 0) is 55.4 Å². The van der Waals surface area contributed by atoms with Crippen molar-refractivity contribution in [1.82, 2.24) is 4.98 Å². The van der Waals surface area contributed by atoms with Crippen LogP contribution in [0.4, 0.5) is 0 Å². The number of fused-ring (bicyclic) bond motifs is 1. The highest BCUT2D eigenvalue weighted by Gasteiger charge is 2.20. The summed E-state index contributed by atoms with van der Waals surface area (Å²) in [5.41, 5.74) is 7.27. The Kier molecular flexibility index (Phi) is 5.70. The average Bonchev–Trinajstić information content (AvgIpc) is 2.98. The first-order chi connectivity index (χ1) is 9.80. The van der Waals surface area contributed by atoms with Gasteiger partial charge in [0, 0.05) is 17.0 Å². The summed E-state index contributed by atoms with van der Waals surface area (Å²) in [6.45, 7) is 6.78. The zero-order valence-electron chi connectivity index (χ0n) is 13.4. The van der Waals surface area contributed by atoms with E-state index in [-0.39, 0.29) is 0 Å². The van der Waals surface area contributed by atoms with E-state index < -0.39 is 0 Å². The van der Waals surface area contributed by atoms with E-state index >= 15 is 0 Å². The Morgan fingerprint density at radius 3 is 2.45 bits per heavy atom. The van der Waals surface area contributed by atoms with E-state index in [1.54, 1.807) is 5.57 Å². The lowest BCUT2D eigenvalue weighted by atomic mass is 9.98. The standard InChI is InChI=1S/C19H29N/c1-4-7-10-15-13-19-18(17(15)12-9-6-3)14-16(20-19)11-8-5-2/h12-14,20H,4-11H2,1-3H3/b17-12+. The molecule has 0 spiro atoms. The van der Waals surface area contributed by atoms with Gasteiger partial charge in [-0.2, -0.15) is 0 Å². The molecule has 0 radical (unpaired) electrons. The maximum absolute atomic E-state index is 3.62. The van der Waals surface area contributed by atoms with Crippen LogP contribution in [0, 0.1) is 0 Å². The monoisotopic (exact) mass is 271 g/mol. The second-order valence-electron chi connectivity index (χ2n) is 5.91. The molecule has 0 amide bonds. The Bertz CT molecular complexity index is 488. The number of aromatic amines is 1. The van der Waals surface area contributed by atoms with Gasteiger partial charge in [0.25, 0.3) is 0 Å². The van der Waals surface area contributed by atoms with Crippen molar-refractivity contribution in [3.8, 4) is 0 Å². The molecular formula is C19H29N. The summed E-state index contributed by atoms with van der Waals surface area (Å²) in [6, 6.07) is 2.39. The van der Waals surface area contributed by atoms with Crippen molar-refractivity contribution in [2.45, 2.75) is 72.1 Å². The maximum Gasteiger partial charge on any atom is 0.0465 e. The van der Waals surface area contributed by atoms with Gasteiger partial charge < -0.3 is 4.98 Å². The van der Waals surface area contributed by atoms with Gasteiger partial charge in [0.2, 0.25) is 0 Å². The SMILES string of the molecule is CCC/C=C1\C(CCCC)=Cc2[nH]c(CCCC)cc21. The molecular weight excluding hydrogens is 242 g/mol. The fourth-order valence-electron chi connectivity index (χ4n) is 2.90. The Morgan fingerprint density at radius 2 is 1.75 bits per heavy atom. The summed E-state index contributed by atoms with van der Waals surface area (Å²) >= 11 is 0. The van der Waals surface area contributed by atoms with E-state index in [2.05, 4.69) is 44.0 Å². The fraction of sp³-hybridized carbons (Fsp3) is 0.579. The highest BCUT2D eigenvalue weighted by Crippen LogP contribution is 2.38. The van der Waals surface area contributed by atoms with Crippen LogP contribution in [0.2, 0.25) is 0 Å². The molecule has 0 saturated carbocycles. The molecule has 0 bridgehead atoms. The predicted molar refractivity (Wildman–Crippen MR) is 89.8 cm³/mol. The minimum absolute atomic E-state index is 1.18. The van der Waals surface area contributed by atoms with Crippen LogP contribution in [0.25, 0.3) is 11.6 Å². The second-order valence-corrected chi connectivity index (χ2v) is 5.91. The summed E-state index contributed by atoms with van der Waals surface area (Å²) in [5.74, 6) is 0. The second kappa shape index (κ2) is 7.52. The molecule has 0 fully saturated rings. The molecule has 2 rings (SSSR count). The number of allylic oxidation sites excluding steroid dienone is 3. The number of nitrogens with one attached hydrogen (secondary N) is 1. The first-order valence-electron chi connectivity index (χ1n) is 8.43. The Hall–Kier alpha value is -1.24. The normalized spacial score (nSPS) is 15.8. The largest absolute Gasteiger partial charge is 0.358 e. The zero-order chi connectivity index (χ0) is 14.4. The topological polar surface area (TPSA) is 15.8 Å². The smallest absolute Gasteiger partial charge is 0.0465 e. The molecule has 1 heterocycles. The Balaban J connectivity index is 2.20. The van der Waals surface area contributed by atoms with Crippen LogP contribution >= 0.6 is 0 Å². The minimum atomic E-state index is 1.18. The highest BCUT2D eigenvalue weighted by molar-refractivity contribution is 5.93. The lowest BCUT2D eigenvalue weighted by Crippen LogP contribution is -1.87. The van der Waals surface area contributed by atoms with Crippen LogP contribution in [0.1, 0.15) is 82.7 Å². The summed E-state index contributed by atoms with van der Waals surface area (Å²) in [4.78, 5) is 3.62. The first-order valence-corrected chi connectivity index (χ1v) is 8.43. The van der Waals surface area contributed by atoms with Crippen molar-refractivity contribution in [3.05, 3.63) is 34.7 Å². The van der Waals surface area contributed by atoms with Crippen LogP contribution in [0.5, 0.6) is 0 Å². The van der Waals surface area contributed by atoms with Crippen molar-refractivity contribution in [2.24, 2.45) is 0 Å². The number of rotatable bonds is 8. The van der Waals surface area contributed by atoms with Crippen molar-refractivity contribution in [3.63, 3.8) is 0 Å². The molecule has 1 nitrogen and oxygen atoms in total. The van der Waals surface area contributed by atoms with Crippen LogP contribution < -0.4 is 0 Å². The number of aryl methyl sites for hydroxylation is 1. The summed E-state index contributed by atoms with van der Waals surface area (Å²) in [6.07, 6.45) is 14.8. The van der Waals surface area contributed by atoms with Crippen LogP contribution in [-0.4, -0.2) is 4.98 Å². The molecule has 1 aliphatic carbocycles. The van der Waals surface area contributed by atoms with Crippen molar-refractivity contribution >= 4 is 11.6 Å². The van der Waals surface area contributed by atoms with Crippen LogP contribution in [0.3, 0.4) is 0 Å². The van der Waals surface area contributed by atoms with Crippen LogP contribution in [-0.2, 0) is 6.42 Å². The number of hydrogen-bond acceptors (Lipinski definition) is 0. The quantitative estimate of drug-likeness (QED) is 0.585. The summed E-state index contributed by atoms with van der Waals surface area (Å²) < 4.78 is 0. The fourth-order valence-corrected chi connectivity index (χ4v) is 2.90. The molecule has 1 N–H and O–H groups in total. The zero-order valence-corrected chi connectivity index (χ0v) is 13.4. The lowest BCUT2D eigenvalue weighted by molar-refractivity contribution is 0.780. The van der Waals surface area contributed by atoms with Crippen molar-refractivity contribution < 1.29 is 0 Å². The molecule has 20 heavy (non-hydrogen) atoms. The lowest BCUT2D eigenvalue weighted by Gasteiger charge is -2.06. The van der Waals surface area contributed by atoms with E-state index in [0.717, 1.165) is 0 Å². The molecule has 0 atom stereocenters. The van der Waals surface area contributed by atoms with E-state index in [4.69, 9.17) is 0 Å². The van der Waals surface area contributed by atoms with Gasteiger partial charge in [0.05, 0.1) is 0 Å². The molecule has 0 aromatic carbocycles. The number of unbranched alkanes of at least 4 members (excludes halogenated alkanes) is 3. The molecule has 0 aliphatic heterocycles. The molecule has 0 unspecified atom stereocenters. The summed E-state index contributed by atoms with van der Waals surface area (Å²) in [7, 11) is 0. The maximum atomic E-state index is 3.62. The van der Waals surface area contributed by atoms with Gasteiger partial charge in [-0.1, -0.05) is 46.1 Å². The molecule has 1 heteroatoms. The molecule has 1 aliphatic rings. The average molecular weight is 271 g/mol. The third kappa shape index (κ3) is 3.45. The number of aromatic nitrogens is 1. The molecule has 1 aromatic rings. The summed E-state index contributed by atoms with van der Waals surface area (Å²) in [5, 5.41) is 0. The predicted octanol–water partition coefficient (Wildman–Crippen LogP) is 6.13. The van der Waals surface area contributed by atoms with Gasteiger partial charge in [-0.15, -0.1) is 0 Å². The molecule has 0 saturated heterocycles. The van der Waals surface area contributed by atoms with Gasteiger partial charge in [0.15, 0.2) is 0 Å². The minimum Gasteiger partial charge on any atom is -0.358 e. The van der Waals surface area contributed by atoms with Gasteiger partial charge in [-0.25, -0.2) is 0 Å². The van der Waals surface area contributed by atoms with Gasteiger partial charge in [0.1, 0.15) is 0 Å². The molecule has 1 aromatic heterocycles. The van der Waals surface area contributed by atoms with E-state index in [0.29, 0.717) is 0 Å². The molecule has 110 valence electrons. The first kappa shape index (κ1) is 15.2. The van der Waals surface area contributed by atoms with Gasteiger partial charge >= 0.3 is 0 Å². The third-order valence-corrected chi connectivity index (χ3v) is 4.10. The number of hydrogen-bond donors (Lipinski definition) is 1. The van der Waals surface area contributed by atoms with E-state index in [1.165, 1.54) is 73.9 Å². The number of H-pyrrole nitrogens is 1. The van der Waals surface area contributed by atoms with Gasteiger partial charge in [-0.3, -0.25) is 0 Å². The van der Waals surface area contributed by atoms with E-state index in [9.17, 15) is 0 Å². The van der Waals surface area contributed by atoms with Crippen LogP contribution in [0.15, 0.2) is 17.7 Å². The van der Waals surface area contributed by atoms with Crippen molar-refractivity contribution in [2.75, 3.05) is 0 Å². The van der Waals surface area contributed by atoms with Crippen molar-refractivity contribution in [1.29, 1.82) is 0 Å². The Labute approximate surface area is 124 Å².